The highest BCUT2D eigenvalue weighted by atomic mass is 35.5. The number of pyridine rings is 1. The van der Waals surface area contributed by atoms with E-state index in [1.54, 1.807) is 18.2 Å². The molecule has 0 bridgehead atoms. The van der Waals surface area contributed by atoms with E-state index in [4.69, 9.17) is 16.3 Å². The normalized spacial score (nSPS) is 10.7. The van der Waals surface area contributed by atoms with Crippen LogP contribution in [0.2, 0.25) is 5.02 Å². The molecule has 2 aromatic heterocycles. The van der Waals surface area contributed by atoms with Crippen molar-refractivity contribution in [1.29, 1.82) is 0 Å². The highest BCUT2D eigenvalue weighted by Gasteiger charge is 2.08. The molecule has 0 saturated heterocycles. The molecule has 0 fully saturated rings. The van der Waals surface area contributed by atoms with Crippen molar-refractivity contribution in [1.82, 2.24) is 14.7 Å². The van der Waals surface area contributed by atoms with Crippen molar-refractivity contribution in [2.75, 3.05) is 6.61 Å². The number of carbonyl (C=O) groups excluding carboxylic acids is 1. The molecule has 2 heterocycles. The molecule has 3 rings (SSSR count). The van der Waals surface area contributed by atoms with Gasteiger partial charge in [0.1, 0.15) is 0 Å². The Labute approximate surface area is 138 Å². The van der Waals surface area contributed by atoms with Crippen LogP contribution in [0.4, 0.5) is 0 Å². The first-order valence-corrected chi connectivity index (χ1v) is 7.58. The lowest BCUT2D eigenvalue weighted by Crippen LogP contribution is -2.28. The number of carbonyl (C=O) groups is 1. The molecule has 1 N–H and O–H groups in total. The number of ether oxygens (including phenoxy) is 1. The molecule has 0 spiro atoms. The van der Waals surface area contributed by atoms with E-state index in [9.17, 15) is 4.79 Å². The largest absolute Gasteiger partial charge is 0.480 e. The number of benzene rings is 1. The summed E-state index contributed by atoms with van der Waals surface area (Å²) in [4.78, 5) is 16.3. The second-order valence-corrected chi connectivity index (χ2v) is 5.61. The number of fused-ring (bicyclic) bond motifs is 1. The first kappa shape index (κ1) is 15.4. The van der Waals surface area contributed by atoms with Crippen LogP contribution < -0.4 is 10.1 Å². The zero-order valence-corrected chi connectivity index (χ0v) is 13.4. The molecule has 118 valence electrons. The quantitative estimate of drug-likeness (QED) is 0.783. The molecule has 0 unspecified atom stereocenters. The summed E-state index contributed by atoms with van der Waals surface area (Å²) in [6, 6.07) is 11.0. The molecule has 0 aliphatic rings. The minimum absolute atomic E-state index is 0.0564. The first-order valence-electron chi connectivity index (χ1n) is 7.20. The topological polar surface area (TPSA) is 55.6 Å². The van der Waals surface area contributed by atoms with Gasteiger partial charge in [-0.3, -0.25) is 4.79 Å². The third kappa shape index (κ3) is 3.81. The van der Waals surface area contributed by atoms with Crippen LogP contribution >= 0.6 is 11.6 Å². The second kappa shape index (κ2) is 6.71. The molecule has 0 saturated carbocycles. The molecule has 0 aliphatic carbocycles. The molecular formula is C17H16ClN3O2. The zero-order valence-electron chi connectivity index (χ0n) is 12.6. The Morgan fingerprint density at radius 2 is 2.09 bits per heavy atom. The average Bonchev–Trinajstić information content (AvgIpc) is 2.93. The lowest BCUT2D eigenvalue weighted by Gasteiger charge is -2.08. The first-order chi connectivity index (χ1) is 11.1. The van der Waals surface area contributed by atoms with Gasteiger partial charge in [0.25, 0.3) is 5.91 Å². The maximum absolute atomic E-state index is 11.9. The summed E-state index contributed by atoms with van der Waals surface area (Å²) in [7, 11) is 0. The van der Waals surface area contributed by atoms with E-state index in [1.807, 2.05) is 41.9 Å². The maximum atomic E-state index is 11.9. The minimum Gasteiger partial charge on any atom is -0.480 e. The molecule has 5 nitrogen and oxygen atoms in total. The zero-order chi connectivity index (χ0) is 16.2. The molecule has 0 aliphatic heterocycles. The summed E-state index contributed by atoms with van der Waals surface area (Å²) in [6.45, 7) is 2.29. The third-order valence-electron chi connectivity index (χ3n) is 3.33. The second-order valence-electron chi connectivity index (χ2n) is 5.18. The third-order valence-corrected chi connectivity index (χ3v) is 3.58. The summed E-state index contributed by atoms with van der Waals surface area (Å²) in [5, 5.41) is 3.48. The van der Waals surface area contributed by atoms with Crippen LogP contribution in [0.25, 0.3) is 5.65 Å². The Morgan fingerprint density at radius 1 is 1.30 bits per heavy atom. The van der Waals surface area contributed by atoms with Crippen LogP contribution in [0.5, 0.6) is 5.75 Å². The molecule has 23 heavy (non-hydrogen) atoms. The number of amides is 1. The van der Waals surface area contributed by atoms with Gasteiger partial charge in [-0.25, -0.2) is 4.98 Å². The summed E-state index contributed by atoms with van der Waals surface area (Å²) in [6.07, 6.45) is 3.80. The van der Waals surface area contributed by atoms with Gasteiger partial charge in [0.05, 0.1) is 5.69 Å². The minimum atomic E-state index is -0.190. The van der Waals surface area contributed by atoms with Crippen molar-refractivity contribution in [3.63, 3.8) is 0 Å². The van der Waals surface area contributed by atoms with Crippen LogP contribution in [0.3, 0.4) is 0 Å². The van der Waals surface area contributed by atoms with Gasteiger partial charge in [0.2, 0.25) is 0 Å². The van der Waals surface area contributed by atoms with Gasteiger partial charge < -0.3 is 14.5 Å². The van der Waals surface area contributed by atoms with Gasteiger partial charge in [-0.15, -0.1) is 0 Å². The van der Waals surface area contributed by atoms with E-state index in [0.717, 1.165) is 11.3 Å². The Bertz CT molecular complexity index is 827. The van der Waals surface area contributed by atoms with E-state index in [1.165, 1.54) is 0 Å². The highest BCUT2D eigenvalue weighted by Crippen LogP contribution is 2.18. The van der Waals surface area contributed by atoms with Gasteiger partial charge in [-0.1, -0.05) is 23.7 Å². The number of imidazole rings is 1. The Hall–Kier alpha value is -2.53. The molecular weight excluding hydrogens is 314 g/mol. The molecule has 1 aromatic carbocycles. The van der Waals surface area contributed by atoms with Crippen LogP contribution in [-0.4, -0.2) is 21.9 Å². The van der Waals surface area contributed by atoms with E-state index in [0.29, 0.717) is 23.0 Å². The lowest BCUT2D eigenvalue weighted by molar-refractivity contribution is -0.123. The van der Waals surface area contributed by atoms with Crippen molar-refractivity contribution in [2.45, 2.75) is 13.5 Å². The van der Waals surface area contributed by atoms with E-state index in [2.05, 4.69) is 10.3 Å². The van der Waals surface area contributed by atoms with Crippen LogP contribution in [0.15, 0.2) is 48.8 Å². The molecule has 1 amide bonds. The van der Waals surface area contributed by atoms with E-state index in [-0.39, 0.29) is 12.5 Å². The summed E-state index contributed by atoms with van der Waals surface area (Å²) in [5.74, 6) is 0.396. The number of aromatic nitrogens is 2. The van der Waals surface area contributed by atoms with Gasteiger partial charge in [0.15, 0.2) is 18.0 Å². The number of hydrogen-bond donors (Lipinski definition) is 1. The van der Waals surface area contributed by atoms with E-state index < -0.39 is 0 Å². The highest BCUT2D eigenvalue weighted by molar-refractivity contribution is 6.30. The Balaban J connectivity index is 1.57. The van der Waals surface area contributed by atoms with Crippen molar-refractivity contribution in [2.24, 2.45) is 0 Å². The van der Waals surface area contributed by atoms with Crippen LogP contribution in [0, 0.1) is 6.92 Å². The number of rotatable bonds is 5. The number of nitrogens with one attached hydrogen (secondary N) is 1. The van der Waals surface area contributed by atoms with Gasteiger partial charge in [0, 0.05) is 24.0 Å². The fraction of sp³-hybridized carbons (Fsp3) is 0.176. The predicted octanol–water partition coefficient (Wildman–Crippen LogP) is 2.99. The van der Waals surface area contributed by atoms with Crippen molar-refractivity contribution in [3.8, 4) is 5.75 Å². The smallest absolute Gasteiger partial charge is 0.258 e. The standard InChI is InChI=1S/C17H16ClN3O2/c1-12-10-21-8-2-3-15(17(21)20-12)23-11-16(22)19-9-13-4-6-14(18)7-5-13/h2-8,10H,9,11H2,1H3,(H,19,22). The van der Waals surface area contributed by atoms with Gasteiger partial charge in [-0.2, -0.15) is 0 Å². The SMILES string of the molecule is Cc1cn2cccc(OCC(=O)NCc3ccc(Cl)cc3)c2n1. The number of hydrogen-bond acceptors (Lipinski definition) is 3. The average molecular weight is 330 g/mol. The summed E-state index contributed by atoms with van der Waals surface area (Å²) in [5.41, 5.74) is 2.58. The molecule has 0 radical (unpaired) electrons. The fourth-order valence-electron chi connectivity index (χ4n) is 2.22. The summed E-state index contributed by atoms with van der Waals surface area (Å²) < 4.78 is 7.46. The van der Waals surface area contributed by atoms with Crippen molar-refractivity contribution < 1.29 is 9.53 Å². The molecule has 3 aromatic rings. The monoisotopic (exact) mass is 329 g/mol. The van der Waals surface area contributed by atoms with Crippen LogP contribution in [-0.2, 0) is 11.3 Å². The van der Waals surface area contributed by atoms with Crippen LogP contribution in [0.1, 0.15) is 11.3 Å². The van der Waals surface area contributed by atoms with Crippen molar-refractivity contribution >= 4 is 23.2 Å². The Kier molecular flexibility index (Phi) is 4.48. The van der Waals surface area contributed by atoms with Gasteiger partial charge in [-0.05, 0) is 36.8 Å². The molecule has 0 atom stereocenters. The predicted molar refractivity (Wildman–Crippen MR) is 88.7 cm³/mol. The van der Waals surface area contributed by atoms with E-state index >= 15 is 0 Å². The number of halogens is 1. The number of aryl methyl sites for hydroxylation is 1. The Morgan fingerprint density at radius 3 is 2.87 bits per heavy atom. The maximum Gasteiger partial charge on any atom is 0.258 e. The molecule has 6 heteroatoms. The van der Waals surface area contributed by atoms with Crippen molar-refractivity contribution in [3.05, 3.63) is 65.1 Å². The lowest BCUT2D eigenvalue weighted by atomic mass is 10.2. The van der Waals surface area contributed by atoms with Gasteiger partial charge >= 0.3 is 0 Å². The fourth-order valence-corrected chi connectivity index (χ4v) is 2.35. The summed E-state index contributed by atoms with van der Waals surface area (Å²) >= 11 is 5.83. The number of nitrogens with zero attached hydrogens (tertiary/aromatic N) is 2.